The molecule has 0 fully saturated rings. The number of aryl methyl sites for hydroxylation is 3. The average molecular weight is 402 g/mol. The molecule has 0 amide bonds. The van der Waals surface area contributed by atoms with E-state index in [9.17, 15) is 4.79 Å². The van der Waals surface area contributed by atoms with Crippen LogP contribution in [-0.4, -0.2) is 29.8 Å². The van der Waals surface area contributed by atoms with E-state index in [0.29, 0.717) is 18.1 Å². The van der Waals surface area contributed by atoms with Crippen LogP contribution in [0.4, 0.5) is 0 Å². The van der Waals surface area contributed by atoms with Gasteiger partial charge in [0.25, 0.3) is 0 Å². The Morgan fingerprint density at radius 1 is 1.07 bits per heavy atom. The van der Waals surface area contributed by atoms with Crippen LogP contribution < -0.4 is 10.4 Å². The van der Waals surface area contributed by atoms with E-state index in [1.165, 1.54) is 9.36 Å². The van der Waals surface area contributed by atoms with Gasteiger partial charge in [-0.3, -0.25) is 0 Å². The molecular weight excluding hydrogens is 380 g/mol. The Morgan fingerprint density at radius 2 is 1.90 bits per heavy atom. The van der Waals surface area contributed by atoms with Crippen LogP contribution in [0, 0.1) is 6.92 Å². The highest BCUT2D eigenvalue weighted by Crippen LogP contribution is 2.25. The Hall–Kier alpha value is -3.81. The lowest BCUT2D eigenvalue weighted by Crippen LogP contribution is -2.23. The van der Waals surface area contributed by atoms with E-state index >= 15 is 0 Å². The van der Waals surface area contributed by atoms with Crippen molar-refractivity contribution in [2.24, 2.45) is 7.05 Å². The third-order valence-corrected chi connectivity index (χ3v) is 4.83. The van der Waals surface area contributed by atoms with E-state index in [-0.39, 0.29) is 5.69 Å². The predicted molar refractivity (Wildman–Crippen MR) is 113 cm³/mol. The van der Waals surface area contributed by atoms with E-state index in [0.717, 1.165) is 34.6 Å². The summed E-state index contributed by atoms with van der Waals surface area (Å²) in [5.74, 6) is 1.46. The minimum atomic E-state index is -0.308. The molecule has 0 N–H and O–H groups in total. The van der Waals surface area contributed by atoms with Crippen molar-refractivity contribution < 1.29 is 4.74 Å². The average Bonchev–Trinajstić information content (AvgIpc) is 3.11. The van der Waals surface area contributed by atoms with E-state index in [1.54, 1.807) is 13.2 Å². The maximum atomic E-state index is 12.2. The van der Waals surface area contributed by atoms with Crippen molar-refractivity contribution in [1.29, 1.82) is 0 Å². The molecule has 2 aromatic heterocycles. The fourth-order valence-corrected chi connectivity index (χ4v) is 3.14. The fraction of sp³-hybridized carbons (Fsp3) is 0.227. The second-order valence-corrected chi connectivity index (χ2v) is 6.92. The highest BCUT2D eigenvalue weighted by atomic mass is 16.5. The summed E-state index contributed by atoms with van der Waals surface area (Å²) in [4.78, 5) is 21.2. The van der Waals surface area contributed by atoms with Gasteiger partial charge >= 0.3 is 5.69 Å². The topological polar surface area (TPSA) is 87.7 Å². The van der Waals surface area contributed by atoms with E-state index in [1.807, 2.05) is 55.5 Å². The number of rotatable bonds is 6. The van der Waals surface area contributed by atoms with Crippen molar-refractivity contribution in [2.75, 3.05) is 0 Å². The van der Waals surface area contributed by atoms with Gasteiger partial charge in [-0.2, -0.15) is 9.36 Å². The third-order valence-electron chi connectivity index (χ3n) is 4.83. The van der Waals surface area contributed by atoms with Gasteiger partial charge in [-0.05, 0) is 59.7 Å². The van der Waals surface area contributed by atoms with Crippen LogP contribution in [0.1, 0.15) is 23.7 Å². The van der Waals surface area contributed by atoms with Crippen molar-refractivity contribution in [3.8, 4) is 22.8 Å². The molecule has 2 aromatic carbocycles. The SMILES string of the molecule is CCc1ccnc(-c2ccc(OCc3ccccc3-n3nnn(C)c3=O)c(C)c2)n1. The number of hydrogen-bond acceptors (Lipinski definition) is 6. The maximum absolute atomic E-state index is 12.2. The lowest BCUT2D eigenvalue weighted by atomic mass is 10.1. The minimum absolute atomic E-state index is 0.293. The Morgan fingerprint density at radius 3 is 2.63 bits per heavy atom. The van der Waals surface area contributed by atoms with Gasteiger partial charge in [0.05, 0.1) is 5.69 Å². The van der Waals surface area contributed by atoms with Crippen LogP contribution in [0.2, 0.25) is 0 Å². The lowest BCUT2D eigenvalue weighted by Gasteiger charge is -2.13. The normalized spacial score (nSPS) is 10.9. The number of aromatic nitrogens is 6. The monoisotopic (exact) mass is 402 g/mol. The van der Waals surface area contributed by atoms with Crippen LogP contribution >= 0.6 is 0 Å². The van der Waals surface area contributed by atoms with Gasteiger partial charge in [0.2, 0.25) is 0 Å². The van der Waals surface area contributed by atoms with Gasteiger partial charge in [0.1, 0.15) is 12.4 Å². The summed E-state index contributed by atoms with van der Waals surface area (Å²) in [5.41, 5.74) is 4.11. The van der Waals surface area contributed by atoms with Gasteiger partial charge in [0.15, 0.2) is 5.82 Å². The molecule has 0 spiro atoms. The van der Waals surface area contributed by atoms with Crippen LogP contribution in [0.5, 0.6) is 5.75 Å². The number of para-hydroxylation sites is 1. The number of benzene rings is 2. The van der Waals surface area contributed by atoms with E-state index in [4.69, 9.17) is 4.74 Å². The predicted octanol–water partition coefficient (Wildman–Crippen LogP) is 2.87. The first kappa shape index (κ1) is 19.5. The Balaban J connectivity index is 1.57. The molecule has 4 rings (SSSR count). The largest absolute Gasteiger partial charge is 0.489 e. The molecule has 0 bridgehead atoms. The first-order valence-corrected chi connectivity index (χ1v) is 9.70. The molecule has 8 heteroatoms. The molecule has 0 saturated heterocycles. The number of tetrazole rings is 1. The van der Waals surface area contributed by atoms with Crippen molar-refractivity contribution in [1.82, 2.24) is 29.8 Å². The minimum Gasteiger partial charge on any atom is -0.489 e. The summed E-state index contributed by atoms with van der Waals surface area (Å²) in [6, 6.07) is 15.3. The van der Waals surface area contributed by atoms with Gasteiger partial charge in [-0.15, -0.1) is 0 Å². The lowest BCUT2D eigenvalue weighted by molar-refractivity contribution is 0.303. The summed E-state index contributed by atoms with van der Waals surface area (Å²) in [7, 11) is 1.57. The molecular formula is C22H22N6O2. The molecule has 0 aliphatic heterocycles. The number of ether oxygens (including phenoxy) is 1. The zero-order valence-corrected chi connectivity index (χ0v) is 17.1. The third kappa shape index (κ3) is 3.84. The first-order chi connectivity index (χ1) is 14.6. The van der Waals surface area contributed by atoms with Gasteiger partial charge in [-0.25, -0.2) is 14.8 Å². The molecule has 152 valence electrons. The second kappa shape index (κ2) is 8.28. The van der Waals surface area contributed by atoms with Crippen LogP contribution in [0.25, 0.3) is 17.1 Å². The Bertz CT molecular complexity index is 1240. The molecule has 0 radical (unpaired) electrons. The van der Waals surface area contributed by atoms with Crippen molar-refractivity contribution in [3.05, 3.63) is 82.0 Å². The summed E-state index contributed by atoms with van der Waals surface area (Å²) in [5, 5.41) is 7.71. The van der Waals surface area contributed by atoms with Crippen LogP contribution in [0.3, 0.4) is 0 Å². The van der Waals surface area contributed by atoms with Gasteiger partial charge in [0, 0.05) is 30.1 Å². The summed E-state index contributed by atoms with van der Waals surface area (Å²) >= 11 is 0. The van der Waals surface area contributed by atoms with Gasteiger partial charge in [-0.1, -0.05) is 25.1 Å². The Kier molecular flexibility index (Phi) is 5.38. The number of hydrogen-bond donors (Lipinski definition) is 0. The van der Waals surface area contributed by atoms with Gasteiger partial charge < -0.3 is 4.74 Å². The summed E-state index contributed by atoms with van der Waals surface area (Å²) in [6.45, 7) is 4.35. The zero-order valence-electron chi connectivity index (χ0n) is 17.1. The Labute approximate surface area is 173 Å². The zero-order chi connectivity index (χ0) is 21.1. The van der Waals surface area contributed by atoms with Crippen LogP contribution in [0.15, 0.2) is 59.5 Å². The summed E-state index contributed by atoms with van der Waals surface area (Å²) in [6.07, 6.45) is 2.65. The molecule has 0 aliphatic carbocycles. The van der Waals surface area contributed by atoms with Crippen LogP contribution in [-0.2, 0) is 20.1 Å². The maximum Gasteiger partial charge on any atom is 0.368 e. The van der Waals surface area contributed by atoms with E-state index in [2.05, 4.69) is 27.3 Å². The second-order valence-electron chi connectivity index (χ2n) is 6.92. The molecule has 0 atom stereocenters. The highest BCUT2D eigenvalue weighted by molar-refractivity contribution is 5.58. The number of nitrogens with zero attached hydrogens (tertiary/aromatic N) is 6. The molecule has 2 heterocycles. The quantitative estimate of drug-likeness (QED) is 0.493. The van der Waals surface area contributed by atoms with E-state index < -0.39 is 0 Å². The van der Waals surface area contributed by atoms with Crippen molar-refractivity contribution >= 4 is 0 Å². The van der Waals surface area contributed by atoms with Crippen molar-refractivity contribution in [3.63, 3.8) is 0 Å². The molecule has 8 nitrogen and oxygen atoms in total. The molecule has 0 saturated carbocycles. The molecule has 30 heavy (non-hydrogen) atoms. The smallest absolute Gasteiger partial charge is 0.368 e. The standard InChI is InChI=1S/C22H22N6O2/c1-4-18-11-12-23-21(24-18)16-9-10-20(15(2)13-16)30-14-17-7-5-6-8-19(17)28-22(29)27(3)25-26-28/h5-13H,4,14H2,1-3H3. The molecule has 0 unspecified atom stereocenters. The molecule has 4 aromatic rings. The van der Waals surface area contributed by atoms with Crippen molar-refractivity contribution in [2.45, 2.75) is 26.9 Å². The molecule has 0 aliphatic rings. The summed E-state index contributed by atoms with van der Waals surface area (Å²) < 4.78 is 8.52. The first-order valence-electron chi connectivity index (χ1n) is 9.70. The highest BCUT2D eigenvalue weighted by Gasteiger charge is 2.12. The fourth-order valence-electron chi connectivity index (χ4n) is 3.14.